The topological polar surface area (TPSA) is 106 Å². The zero-order valence-corrected chi connectivity index (χ0v) is 18.8. The third kappa shape index (κ3) is 3.61. The van der Waals surface area contributed by atoms with Gasteiger partial charge >= 0.3 is 11.9 Å². The normalized spacial score (nSPS) is 21.1. The number of nitrogens with zero attached hydrogens (tertiary/aromatic N) is 2. The van der Waals surface area contributed by atoms with Gasteiger partial charge in [0.15, 0.2) is 8.68 Å². The van der Waals surface area contributed by atoms with Crippen LogP contribution in [-0.2, 0) is 19.1 Å². The highest BCUT2D eigenvalue weighted by molar-refractivity contribution is 8.03. The molecule has 1 fully saturated rings. The quantitative estimate of drug-likeness (QED) is 0.244. The SMILES string of the molecule is O=C1OC(CSc2nc3ccccc3s2)(C(=O)O)C(Sc2nc3ccccc3s2)C1=O. The second kappa shape index (κ2) is 7.90. The summed E-state index contributed by atoms with van der Waals surface area (Å²) in [5, 5.41) is 8.78. The molecule has 156 valence electrons. The van der Waals surface area contributed by atoms with Crippen LogP contribution in [0.1, 0.15) is 0 Å². The second-order valence-corrected chi connectivity index (χ2v) is 11.3. The summed E-state index contributed by atoms with van der Waals surface area (Å²) in [4.78, 5) is 46.0. The zero-order valence-electron chi connectivity index (χ0n) is 15.5. The van der Waals surface area contributed by atoms with Gasteiger partial charge in [-0.15, -0.1) is 22.7 Å². The van der Waals surface area contributed by atoms with Crippen LogP contribution in [-0.4, -0.2) is 49.4 Å². The number of aliphatic carboxylic acids is 1. The minimum Gasteiger partial charge on any atom is -0.478 e. The summed E-state index contributed by atoms with van der Waals surface area (Å²) in [6, 6.07) is 15.0. The van der Waals surface area contributed by atoms with Gasteiger partial charge in [-0.3, -0.25) is 4.79 Å². The number of rotatable bonds is 6. The fourth-order valence-corrected chi connectivity index (χ4v) is 7.90. The molecule has 31 heavy (non-hydrogen) atoms. The Labute approximate surface area is 191 Å². The molecule has 11 heteroatoms. The van der Waals surface area contributed by atoms with E-state index in [1.165, 1.54) is 22.7 Å². The molecule has 1 N–H and O–H groups in total. The highest BCUT2D eigenvalue weighted by atomic mass is 32.2. The molecule has 7 nitrogen and oxygen atoms in total. The molecule has 2 aromatic heterocycles. The molecule has 2 unspecified atom stereocenters. The molecule has 1 saturated heterocycles. The van der Waals surface area contributed by atoms with Crippen molar-refractivity contribution < 1.29 is 24.2 Å². The Hall–Kier alpha value is -2.47. The molecule has 0 saturated carbocycles. The predicted octanol–water partition coefficient (Wildman–Crippen LogP) is 4.11. The van der Waals surface area contributed by atoms with Gasteiger partial charge in [0, 0.05) is 0 Å². The van der Waals surface area contributed by atoms with Crippen molar-refractivity contribution in [2.45, 2.75) is 19.5 Å². The van der Waals surface area contributed by atoms with E-state index in [0.717, 1.165) is 44.0 Å². The second-order valence-electron chi connectivity index (χ2n) is 6.63. The average molecular weight is 489 g/mol. The van der Waals surface area contributed by atoms with E-state index >= 15 is 0 Å². The Bertz CT molecular complexity index is 1280. The molecule has 0 radical (unpaired) electrons. The number of carboxylic acid groups (broad SMARTS) is 1. The number of Topliss-reactive ketones (excluding diaryl/α,β-unsaturated/α-hetero) is 1. The van der Waals surface area contributed by atoms with Crippen LogP contribution in [0.15, 0.2) is 57.2 Å². The molecule has 1 aliphatic rings. The summed E-state index contributed by atoms with van der Waals surface area (Å²) in [6.07, 6.45) is 0. The van der Waals surface area contributed by atoms with Crippen molar-refractivity contribution in [2.24, 2.45) is 0 Å². The molecular weight excluding hydrogens is 476 g/mol. The summed E-state index contributed by atoms with van der Waals surface area (Å²) in [7, 11) is 0. The number of hydrogen-bond acceptors (Lipinski definition) is 10. The lowest BCUT2D eigenvalue weighted by molar-refractivity contribution is -0.167. The largest absolute Gasteiger partial charge is 0.478 e. The number of ketones is 1. The molecule has 4 aromatic rings. The monoisotopic (exact) mass is 488 g/mol. The van der Waals surface area contributed by atoms with Crippen molar-refractivity contribution in [2.75, 3.05) is 5.75 Å². The number of fused-ring (bicyclic) bond motifs is 2. The van der Waals surface area contributed by atoms with Crippen LogP contribution in [0, 0.1) is 0 Å². The van der Waals surface area contributed by atoms with Crippen molar-refractivity contribution in [3.63, 3.8) is 0 Å². The first-order valence-electron chi connectivity index (χ1n) is 8.97. The Morgan fingerprint density at radius 3 is 2.19 bits per heavy atom. The number of esters is 1. The zero-order chi connectivity index (χ0) is 21.6. The maximum Gasteiger partial charge on any atom is 0.377 e. The van der Waals surface area contributed by atoms with E-state index in [0.29, 0.717) is 8.68 Å². The molecule has 0 aliphatic carbocycles. The number of carboxylic acids is 1. The van der Waals surface area contributed by atoms with Gasteiger partial charge in [0.1, 0.15) is 5.25 Å². The average Bonchev–Trinajstić information content (AvgIpc) is 3.42. The molecule has 0 amide bonds. The van der Waals surface area contributed by atoms with E-state index in [9.17, 15) is 19.5 Å². The van der Waals surface area contributed by atoms with Crippen LogP contribution in [0.4, 0.5) is 0 Å². The molecule has 0 bridgehead atoms. The van der Waals surface area contributed by atoms with E-state index in [2.05, 4.69) is 9.97 Å². The number of thiazole rings is 2. The lowest BCUT2D eigenvalue weighted by atomic mass is 10.0. The first-order chi connectivity index (χ1) is 15.0. The first kappa shape index (κ1) is 20.4. The number of cyclic esters (lactones) is 1. The number of thioether (sulfide) groups is 2. The van der Waals surface area contributed by atoms with Crippen molar-refractivity contribution in [1.29, 1.82) is 0 Å². The van der Waals surface area contributed by atoms with Crippen LogP contribution >= 0.6 is 46.2 Å². The highest BCUT2D eigenvalue weighted by Crippen LogP contribution is 2.44. The van der Waals surface area contributed by atoms with Gasteiger partial charge in [-0.25, -0.2) is 19.6 Å². The standard InChI is InChI=1S/C20H12N2O5S4/c23-14-15(31-19-22-11-6-2-4-8-13(11)30-19)20(17(25)26,27-16(14)24)9-28-18-21-10-5-1-3-7-12(10)29-18/h1-8,15H,9H2,(H,25,26). The third-order valence-electron chi connectivity index (χ3n) is 4.68. The molecule has 0 spiro atoms. The Morgan fingerprint density at radius 1 is 1.00 bits per heavy atom. The van der Waals surface area contributed by atoms with Gasteiger partial charge in [-0.05, 0) is 24.3 Å². The Morgan fingerprint density at radius 2 is 1.58 bits per heavy atom. The minimum absolute atomic E-state index is 0.137. The smallest absolute Gasteiger partial charge is 0.377 e. The van der Waals surface area contributed by atoms with E-state index in [1.54, 1.807) is 0 Å². The fraction of sp³-hybridized carbons (Fsp3) is 0.150. The van der Waals surface area contributed by atoms with E-state index in [-0.39, 0.29) is 5.75 Å². The van der Waals surface area contributed by atoms with Crippen molar-refractivity contribution in [3.8, 4) is 0 Å². The van der Waals surface area contributed by atoms with Crippen LogP contribution in [0.25, 0.3) is 20.4 Å². The molecular formula is C20H12N2O5S4. The molecule has 5 rings (SSSR count). The number of hydrogen-bond donors (Lipinski definition) is 1. The Balaban J connectivity index is 1.45. The Kier molecular flexibility index (Phi) is 5.21. The van der Waals surface area contributed by atoms with Crippen molar-refractivity contribution in [3.05, 3.63) is 48.5 Å². The fourth-order valence-electron chi connectivity index (χ4n) is 3.14. The summed E-state index contributed by atoms with van der Waals surface area (Å²) >= 11 is 4.88. The lowest BCUT2D eigenvalue weighted by Gasteiger charge is -2.26. The van der Waals surface area contributed by atoms with Crippen molar-refractivity contribution in [1.82, 2.24) is 9.97 Å². The summed E-state index contributed by atoms with van der Waals surface area (Å²) in [6.45, 7) is 0. The minimum atomic E-state index is -2.00. The van der Waals surface area contributed by atoms with E-state index in [4.69, 9.17) is 4.74 Å². The van der Waals surface area contributed by atoms with E-state index in [1.807, 2.05) is 48.5 Å². The molecule has 2 atom stereocenters. The number of ether oxygens (including phenoxy) is 1. The van der Waals surface area contributed by atoms with Gasteiger partial charge in [0.05, 0.1) is 26.2 Å². The molecule has 2 aromatic carbocycles. The number of carbonyl (C=O) groups is 3. The first-order valence-corrected chi connectivity index (χ1v) is 12.5. The van der Waals surface area contributed by atoms with Crippen LogP contribution in [0.2, 0.25) is 0 Å². The van der Waals surface area contributed by atoms with Gasteiger partial charge < -0.3 is 9.84 Å². The number of carbonyl (C=O) groups excluding carboxylic acids is 2. The number of benzene rings is 2. The van der Waals surface area contributed by atoms with Gasteiger partial charge in [-0.2, -0.15) is 0 Å². The third-order valence-corrected chi connectivity index (χ3v) is 9.52. The number of aromatic nitrogens is 2. The van der Waals surface area contributed by atoms with Gasteiger partial charge in [0.25, 0.3) is 5.78 Å². The van der Waals surface area contributed by atoms with Crippen LogP contribution < -0.4 is 0 Å². The van der Waals surface area contributed by atoms with Gasteiger partial charge in [0.2, 0.25) is 5.60 Å². The number of para-hydroxylation sites is 2. The van der Waals surface area contributed by atoms with Crippen LogP contribution in [0.5, 0.6) is 0 Å². The van der Waals surface area contributed by atoms with Crippen molar-refractivity contribution >= 4 is 84.4 Å². The molecule has 1 aliphatic heterocycles. The van der Waals surface area contributed by atoms with Gasteiger partial charge in [-0.1, -0.05) is 47.8 Å². The summed E-state index contributed by atoms with van der Waals surface area (Å²) < 4.78 is 8.23. The van der Waals surface area contributed by atoms with Crippen LogP contribution in [0.3, 0.4) is 0 Å². The molecule has 3 heterocycles. The lowest BCUT2D eigenvalue weighted by Crippen LogP contribution is -2.49. The maximum absolute atomic E-state index is 12.6. The maximum atomic E-state index is 12.6. The highest BCUT2D eigenvalue weighted by Gasteiger charge is 2.61. The summed E-state index contributed by atoms with van der Waals surface area (Å²) in [5.41, 5.74) is -0.448. The predicted molar refractivity (Wildman–Crippen MR) is 121 cm³/mol. The van der Waals surface area contributed by atoms with E-state index < -0.39 is 28.6 Å². The summed E-state index contributed by atoms with van der Waals surface area (Å²) in [5.74, 6) is -3.50.